The van der Waals surface area contributed by atoms with Crippen LogP contribution in [-0.4, -0.2) is 14.2 Å². The number of hydrogen-bond donors (Lipinski definition) is 1. The van der Waals surface area contributed by atoms with E-state index in [1.807, 2.05) is 6.92 Å². The highest BCUT2D eigenvalue weighted by molar-refractivity contribution is 9.10. The molecule has 0 aliphatic rings. The summed E-state index contributed by atoms with van der Waals surface area (Å²) in [4.78, 5) is 0. The molecule has 0 aliphatic carbocycles. The second-order valence-electron chi connectivity index (χ2n) is 3.79. The number of rotatable bonds is 5. The molecule has 90 valence electrons. The van der Waals surface area contributed by atoms with E-state index in [0.717, 1.165) is 10.9 Å². The Morgan fingerprint density at radius 1 is 1.38 bits per heavy atom. The minimum atomic E-state index is -3.03. The maximum Gasteiger partial charge on any atom is 0.154 e. The van der Waals surface area contributed by atoms with Crippen LogP contribution >= 0.6 is 15.9 Å². The van der Waals surface area contributed by atoms with Gasteiger partial charge in [-0.05, 0) is 24.1 Å². The summed E-state index contributed by atoms with van der Waals surface area (Å²) in [5, 5.41) is 0. The van der Waals surface area contributed by atoms with E-state index < -0.39 is 9.84 Å². The maximum absolute atomic E-state index is 11.7. The van der Waals surface area contributed by atoms with Crippen LogP contribution in [0, 0.1) is 0 Å². The maximum atomic E-state index is 11.7. The van der Waals surface area contributed by atoms with Crippen molar-refractivity contribution in [2.24, 2.45) is 0 Å². The van der Waals surface area contributed by atoms with Crippen LogP contribution in [0.25, 0.3) is 0 Å². The lowest BCUT2D eigenvalue weighted by atomic mass is 10.2. The molecule has 0 fully saturated rings. The number of sulfone groups is 1. The molecule has 0 aromatic heterocycles. The van der Waals surface area contributed by atoms with Crippen LogP contribution in [0.15, 0.2) is 22.7 Å². The van der Waals surface area contributed by atoms with Gasteiger partial charge in [0.2, 0.25) is 0 Å². The highest BCUT2D eigenvalue weighted by atomic mass is 79.9. The van der Waals surface area contributed by atoms with Crippen LogP contribution in [0.2, 0.25) is 0 Å². The molecule has 0 saturated heterocycles. The van der Waals surface area contributed by atoms with Gasteiger partial charge in [0.05, 0.1) is 11.5 Å². The number of nitrogens with two attached hydrogens (primary N) is 1. The molecule has 0 radical (unpaired) electrons. The Balaban J connectivity index is 2.80. The Labute approximate surface area is 105 Å². The molecule has 0 unspecified atom stereocenters. The van der Waals surface area contributed by atoms with Gasteiger partial charge in [-0.3, -0.25) is 0 Å². The van der Waals surface area contributed by atoms with Crippen LogP contribution in [0.5, 0.6) is 0 Å². The molecule has 16 heavy (non-hydrogen) atoms. The van der Waals surface area contributed by atoms with Gasteiger partial charge < -0.3 is 5.73 Å². The van der Waals surface area contributed by atoms with Crippen molar-refractivity contribution in [3.05, 3.63) is 28.2 Å². The average molecular weight is 306 g/mol. The first-order valence-electron chi connectivity index (χ1n) is 5.19. The molecule has 5 heteroatoms. The van der Waals surface area contributed by atoms with Crippen molar-refractivity contribution in [2.75, 3.05) is 11.5 Å². The first-order valence-corrected chi connectivity index (χ1v) is 7.80. The average Bonchev–Trinajstić information content (AvgIpc) is 2.19. The van der Waals surface area contributed by atoms with Gasteiger partial charge in [0.1, 0.15) is 0 Å². The van der Waals surface area contributed by atoms with Gasteiger partial charge in [-0.1, -0.05) is 35.3 Å². The lowest BCUT2D eigenvalue weighted by molar-refractivity contribution is 0.592. The van der Waals surface area contributed by atoms with Gasteiger partial charge in [0.25, 0.3) is 0 Å². The molecule has 0 amide bonds. The predicted molar refractivity (Wildman–Crippen MR) is 71.0 cm³/mol. The fourth-order valence-electron chi connectivity index (χ4n) is 1.37. The SMILES string of the molecule is CCCCS(=O)(=O)Cc1ccc(Br)cc1N. The standard InChI is InChI=1S/C11H16BrNO2S/c1-2-3-6-16(14,15)8-9-4-5-10(12)7-11(9)13/h4-5,7H,2-3,6,8,13H2,1H3. The molecule has 1 rings (SSSR count). The zero-order chi connectivity index (χ0) is 12.2. The van der Waals surface area contributed by atoms with Crippen molar-refractivity contribution in [1.82, 2.24) is 0 Å². The van der Waals surface area contributed by atoms with Crippen molar-refractivity contribution in [3.8, 4) is 0 Å². The highest BCUT2D eigenvalue weighted by Gasteiger charge is 2.13. The Kier molecular flexibility index (Phi) is 4.80. The molecule has 3 nitrogen and oxygen atoms in total. The molecular formula is C11H16BrNO2S. The van der Waals surface area contributed by atoms with E-state index in [-0.39, 0.29) is 11.5 Å². The second kappa shape index (κ2) is 5.68. The van der Waals surface area contributed by atoms with Gasteiger partial charge in [0, 0.05) is 10.2 Å². The predicted octanol–water partition coefficient (Wildman–Crippen LogP) is 2.75. The topological polar surface area (TPSA) is 60.2 Å². The van der Waals surface area contributed by atoms with E-state index in [1.54, 1.807) is 18.2 Å². The summed E-state index contributed by atoms with van der Waals surface area (Å²) in [6.45, 7) is 1.98. The molecular weight excluding hydrogens is 290 g/mol. The molecule has 0 atom stereocenters. The van der Waals surface area contributed by atoms with Gasteiger partial charge in [0.15, 0.2) is 9.84 Å². The molecule has 1 aromatic carbocycles. The van der Waals surface area contributed by atoms with Crippen LogP contribution < -0.4 is 5.73 Å². The Morgan fingerprint density at radius 2 is 2.06 bits per heavy atom. The Bertz CT molecular complexity index is 457. The molecule has 0 spiro atoms. The first-order chi connectivity index (χ1) is 7.44. The van der Waals surface area contributed by atoms with E-state index >= 15 is 0 Å². The summed E-state index contributed by atoms with van der Waals surface area (Å²) < 4.78 is 24.3. The van der Waals surface area contributed by atoms with Crippen molar-refractivity contribution in [1.29, 1.82) is 0 Å². The van der Waals surface area contributed by atoms with Crippen LogP contribution in [0.1, 0.15) is 25.3 Å². The van der Waals surface area contributed by atoms with Crippen molar-refractivity contribution in [2.45, 2.75) is 25.5 Å². The zero-order valence-corrected chi connectivity index (χ0v) is 11.6. The molecule has 2 N–H and O–H groups in total. The third-order valence-electron chi connectivity index (χ3n) is 2.29. The lowest BCUT2D eigenvalue weighted by Gasteiger charge is -2.07. The zero-order valence-electron chi connectivity index (χ0n) is 9.24. The normalized spacial score (nSPS) is 11.6. The number of benzene rings is 1. The van der Waals surface area contributed by atoms with Gasteiger partial charge >= 0.3 is 0 Å². The van der Waals surface area contributed by atoms with Gasteiger partial charge in [-0.25, -0.2) is 8.42 Å². The van der Waals surface area contributed by atoms with E-state index in [4.69, 9.17) is 5.73 Å². The molecule has 0 bridgehead atoms. The highest BCUT2D eigenvalue weighted by Crippen LogP contribution is 2.20. The van der Waals surface area contributed by atoms with Crippen molar-refractivity contribution < 1.29 is 8.42 Å². The summed E-state index contributed by atoms with van der Waals surface area (Å²) in [7, 11) is -3.03. The van der Waals surface area contributed by atoms with Crippen molar-refractivity contribution in [3.63, 3.8) is 0 Å². The van der Waals surface area contributed by atoms with E-state index in [2.05, 4.69) is 15.9 Å². The van der Waals surface area contributed by atoms with Gasteiger partial charge in [-0.2, -0.15) is 0 Å². The van der Waals surface area contributed by atoms with Gasteiger partial charge in [-0.15, -0.1) is 0 Å². The Hall–Kier alpha value is -0.550. The quantitative estimate of drug-likeness (QED) is 0.851. The summed E-state index contributed by atoms with van der Waals surface area (Å²) in [6.07, 6.45) is 1.59. The summed E-state index contributed by atoms with van der Waals surface area (Å²) in [6, 6.07) is 5.29. The summed E-state index contributed by atoms with van der Waals surface area (Å²) in [5.74, 6) is 0.269. The fourth-order valence-corrected chi connectivity index (χ4v) is 3.36. The Morgan fingerprint density at radius 3 is 2.62 bits per heavy atom. The molecule has 1 aromatic rings. The number of hydrogen-bond acceptors (Lipinski definition) is 3. The number of unbranched alkanes of at least 4 members (excludes halogenated alkanes) is 1. The van der Waals surface area contributed by atoms with E-state index in [0.29, 0.717) is 17.7 Å². The van der Waals surface area contributed by atoms with E-state index in [9.17, 15) is 8.42 Å². The fraction of sp³-hybridized carbons (Fsp3) is 0.455. The molecule has 0 aliphatic heterocycles. The largest absolute Gasteiger partial charge is 0.398 e. The monoisotopic (exact) mass is 305 g/mol. The summed E-state index contributed by atoms with van der Waals surface area (Å²) in [5.41, 5.74) is 6.97. The summed E-state index contributed by atoms with van der Waals surface area (Å²) >= 11 is 3.29. The van der Waals surface area contributed by atoms with E-state index in [1.165, 1.54) is 0 Å². The number of anilines is 1. The van der Waals surface area contributed by atoms with Crippen LogP contribution in [0.3, 0.4) is 0 Å². The smallest absolute Gasteiger partial charge is 0.154 e. The van der Waals surface area contributed by atoms with Crippen LogP contribution in [-0.2, 0) is 15.6 Å². The second-order valence-corrected chi connectivity index (χ2v) is 6.89. The minimum Gasteiger partial charge on any atom is -0.398 e. The third kappa shape index (κ3) is 4.14. The number of nitrogen functional groups attached to an aromatic ring is 1. The molecule has 0 heterocycles. The molecule has 0 saturated carbocycles. The van der Waals surface area contributed by atoms with Crippen LogP contribution in [0.4, 0.5) is 5.69 Å². The first kappa shape index (κ1) is 13.5. The number of halogens is 1. The third-order valence-corrected chi connectivity index (χ3v) is 4.45. The van der Waals surface area contributed by atoms with Crippen molar-refractivity contribution >= 4 is 31.5 Å². The lowest BCUT2D eigenvalue weighted by Crippen LogP contribution is -2.10. The minimum absolute atomic E-state index is 0.0338.